The predicted molar refractivity (Wildman–Crippen MR) is 78.3 cm³/mol. The monoisotopic (exact) mass is 311 g/mol. The zero-order chi connectivity index (χ0) is 15.0. The van der Waals surface area contributed by atoms with Crippen LogP contribution >= 0.6 is 0 Å². The van der Waals surface area contributed by atoms with Gasteiger partial charge in [-0.3, -0.25) is 0 Å². The van der Waals surface area contributed by atoms with E-state index in [1.165, 1.54) is 0 Å². The molecule has 116 valence electrons. The van der Waals surface area contributed by atoms with Crippen molar-refractivity contribution >= 4 is 10.0 Å². The van der Waals surface area contributed by atoms with Gasteiger partial charge in [-0.05, 0) is 43.4 Å². The Kier molecular flexibility index (Phi) is 4.05. The van der Waals surface area contributed by atoms with Crippen molar-refractivity contribution in [3.05, 3.63) is 29.8 Å². The highest BCUT2D eigenvalue weighted by atomic mass is 32.2. The number of fused-ring (bicyclic) bond motifs is 2. The zero-order valence-corrected chi connectivity index (χ0v) is 12.8. The van der Waals surface area contributed by atoms with Crippen molar-refractivity contribution < 1.29 is 18.3 Å². The largest absolute Gasteiger partial charge is 0.388 e. The predicted octanol–water partition coefficient (Wildman–Crippen LogP) is 1.73. The van der Waals surface area contributed by atoms with Gasteiger partial charge in [0.05, 0.1) is 29.2 Å². The van der Waals surface area contributed by atoms with Gasteiger partial charge in [-0.2, -0.15) is 0 Å². The Balaban J connectivity index is 1.78. The number of benzene rings is 1. The van der Waals surface area contributed by atoms with Crippen molar-refractivity contribution in [3.8, 4) is 0 Å². The van der Waals surface area contributed by atoms with Crippen molar-refractivity contribution in [3.63, 3.8) is 0 Å². The normalized spacial score (nSPS) is 29.7. The molecule has 0 amide bonds. The summed E-state index contributed by atoms with van der Waals surface area (Å²) in [7, 11) is -3.57. The lowest BCUT2D eigenvalue weighted by atomic mass is 9.96. The summed E-state index contributed by atoms with van der Waals surface area (Å²) in [6, 6.07) is 6.38. The SMILES string of the molecule is CCC(O)c1cccc(S(=O)(=O)NC2CC3CCC2O3)c1. The number of aliphatic hydroxyl groups is 1. The Morgan fingerprint density at radius 2 is 2.24 bits per heavy atom. The molecule has 1 aromatic rings. The minimum absolute atomic E-state index is 0.00851. The Morgan fingerprint density at radius 3 is 2.86 bits per heavy atom. The highest BCUT2D eigenvalue weighted by molar-refractivity contribution is 7.89. The molecular formula is C15H21NO4S. The van der Waals surface area contributed by atoms with E-state index in [-0.39, 0.29) is 23.1 Å². The number of rotatable bonds is 5. The first-order valence-electron chi connectivity index (χ1n) is 7.45. The molecule has 0 spiro atoms. The molecule has 3 rings (SSSR count). The third-order valence-electron chi connectivity index (χ3n) is 4.35. The van der Waals surface area contributed by atoms with E-state index in [1.54, 1.807) is 24.3 Å². The van der Waals surface area contributed by atoms with Gasteiger partial charge in [-0.1, -0.05) is 19.1 Å². The Bertz CT molecular complexity index is 616. The molecule has 1 aromatic carbocycles. The van der Waals surface area contributed by atoms with Crippen molar-refractivity contribution in [1.82, 2.24) is 4.72 Å². The van der Waals surface area contributed by atoms with Crippen LogP contribution in [-0.2, 0) is 14.8 Å². The second kappa shape index (κ2) is 5.68. The van der Waals surface area contributed by atoms with E-state index in [9.17, 15) is 13.5 Å². The summed E-state index contributed by atoms with van der Waals surface area (Å²) in [6.45, 7) is 1.86. The maximum Gasteiger partial charge on any atom is 0.240 e. The average molecular weight is 311 g/mol. The fourth-order valence-electron chi connectivity index (χ4n) is 3.15. The summed E-state index contributed by atoms with van der Waals surface area (Å²) in [5.74, 6) is 0. The Hall–Kier alpha value is -0.950. The van der Waals surface area contributed by atoms with Gasteiger partial charge in [-0.15, -0.1) is 0 Å². The molecule has 2 fully saturated rings. The molecule has 2 aliphatic heterocycles. The standard InChI is InChI=1S/C15H21NO4S/c1-2-14(17)10-4-3-5-12(8-10)21(18,19)16-13-9-11-6-7-15(13)20-11/h3-5,8,11,13-17H,2,6-7,9H2,1H3. The van der Waals surface area contributed by atoms with Crippen LogP contribution in [0.5, 0.6) is 0 Å². The third-order valence-corrected chi connectivity index (χ3v) is 5.84. The minimum atomic E-state index is -3.57. The van der Waals surface area contributed by atoms with E-state index in [1.807, 2.05) is 6.92 Å². The van der Waals surface area contributed by atoms with Crippen LogP contribution in [0, 0.1) is 0 Å². The van der Waals surface area contributed by atoms with Gasteiger partial charge < -0.3 is 9.84 Å². The molecule has 5 nitrogen and oxygen atoms in total. The Labute approximate surface area is 125 Å². The zero-order valence-electron chi connectivity index (χ0n) is 12.0. The molecule has 2 saturated heterocycles. The number of aliphatic hydroxyl groups excluding tert-OH is 1. The molecule has 4 unspecified atom stereocenters. The average Bonchev–Trinajstić information content (AvgIpc) is 3.08. The van der Waals surface area contributed by atoms with Gasteiger partial charge in [0, 0.05) is 0 Å². The second-order valence-electron chi connectivity index (χ2n) is 5.83. The number of nitrogens with one attached hydrogen (secondary N) is 1. The lowest BCUT2D eigenvalue weighted by Crippen LogP contribution is -2.41. The van der Waals surface area contributed by atoms with Crippen molar-refractivity contribution in [2.24, 2.45) is 0 Å². The van der Waals surface area contributed by atoms with E-state index < -0.39 is 16.1 Å². The summed E-state index contributed by atoms with van der Waals surface area (Å²) in [5, 5.41) is 9.85. The smallest absolute Gasteiger partial charge is 0.240 e. The van der Waals surface area contributed by atoms with Crippen molar-refractivity contribution in [1.29, 1.82) is 0 Å². The van der Waals surface area contributed by atoms with Gasteiger partial charge in [0.1, 0.15) is 0 Å². The molecule has 21 heavy (non-hydrogen) atoms. The highest BCUT2D eigenvalue weighted by Gasteiger charge is 2.42. The second-order valence-corrected chi connectivity index (χ2v) is 7.55. The summed E-state index contributed by atoms with van der Waals surface area (Å²) in [4.78, 5) is 0.204. The maximum absolute atomic E-state index is 12.5. The lowest BCUT2D eigenvalue weighted by Gasteiger charge is -2.20. The number of sulfonamides is 1. The van der Waals surface area contributed by atoms with Crippen LogP contribution in [0.15, 0.2) is 29.2 Å². The van der Waals surface area contributed by atoms with Crippen LogP contribution in [-0.4, -0.2) is 31.8 Å². The molecule has 2 heterocycles. The van der Waals surface area contributed by atoms with Crippen LogP contribution in [0.1, 0.15) is 44.3 Å². The fraction of sp³-hybridized carbons (Fsp3) is 0.600. The van der Waals surface area contributed by atoms with Gasteiger partial charge in [-0.25, -0.2) is 13.1 Å². The van der Waals surface area contributed by atoms with E-state index in [0.29, 0.717) is 12.0 Å². The summed E-state index contributed by atoms with van der Waals surface area (Å²) in [5.41, 5.74) is 0.629. The maximum atomic E-state index is 12.5. The molecule has 6 heteroatoms. The van der Waals surface area contributed by atoms with Crippen LogP contribution in [0.4, 0.5) is 0 Å². The molecule has 2 aliphatic rings. The molecule has 2 N–H and O–H groups in total. The van der Waals surface area contributed by atoms with Crippen LogP contribution in [0.2, 0.25) is 0 Å². The fourth-order valence-corrected chi connectivity index (χ4v) is 4.49. The molecule has 2 bridgehead atoms. The molecule has 0 saturated carbocycles. The van der Waals surface area contributed by atoms with E-state index in [2.05, 4.69) is 4.72 Å². The van der Waals surface area contributed by atoms with E-state index in [0.717, 1.165) is 19.3 Å². The minimum Gasteiger partial charge on any atom is -0.388 e. The molecule has 4 atom stereocenters. The third kappa shape index (κ3) is 2.99. The van der Waals surface area contributed by atoms with Gasteiger partial charge in [0.25, 0.3) is 0 Å². The van der Waals surface area contributed by atoms with Gasteiger partial charge >= 0.3 is 0 Å². The topological polar surface area (TPSA) is 75.6 Å². The summed E-state index contributed by atoms with van der Waals surface area (Å²) in [6.07, 6.45) is 2.84. The van der Waals surface area contributed by atoms with E-state index in [4.69, 9.17) is 4.74 Å². The number of ether oxygens (including phenoxy) is 1. The first-order chi connectivity index (χ1) is 9.99. The lowest BCUT2D eigenvalue weighted by molar-refractivity contribution is 0.0996. The van der Waals surface area contributed by atoms with E-state index >= 15 is 0 Å². The molecule has 0 aliphatic carbocycles. The van der Waals surface area contributed by atoms with Crippen LogP contribution in [0.3, 0.4) is 0 Å². The molecule has 0 radical (unpaired) electrons. The van der Waals surface area contributed by atoms with Crippen molar-refractivity contribution in [2.75, 3.05) is 0 Å². The Morgan fingerprint density at radius 1 is 1.43 bits per heavy atom. The quantitative estimate of drug-likeness (QED) is 0.868. The number of hydrogen-bond acceptors (Lipinski definition) is 4. The molecular weight excluding hydrogens is 290 g/mol. The van der Waals surface area contributed by atoms with Gasteiger partial charge in [0.15, 0.2) is 0 Å². The first kappa shape index (κ1) is 15.0. The number of hydrogen-bond donors (Lipinski definition) is 2. The molecule has 0 aromatic heterocycles. The van der Waals surface area contributed by atoms with Crippen LogP contribution in [0.25, 0.3) is 0 Å². The van der Waals surface area contributed by atoms with Gasteiger partial charge in [0.2, 0.25) is 10.0 Å². The van der Waals surface area contributed by atoms with Crippen molar-refractivity contribution in [2.45, 2.75) is 61.9 Å². The van der Waals surface area contributed by atoms with Crippen LogP contribution < -0.4 is 4.72 Å². The highest BCUT2D eigenvalue weighted by Crippen LogP contribution is 2.35. The summed E-state index contributed by atoms with van der Waals surface area (Å²) < 4.78 is 33.4. The summed E-state index contributed by atoms with van der Waals surface area (Å²) >= 11 is 0. The first-order valence-corrected chi connectivity index (χ1v) is 8.93.